The Bertz CT molecular complexity index is 1540. The zero-order chi connectivity index (χ0) is 24.5. The average molecular weight is 489 g/mol. The molecule has 0 saturated heterocycles. The lowest BCUT2D eigenvalue weighted by molar-refractivity contribution is 0.573. The Balaban J connectivity index is 1.72. The lowest BCUT2D eigenvalue weighted by atomic mass is 9.76. The number of benzene rings is 2. The fourth-order valence-corrected chi connectivity index (χ4v) is 7.70. The summed E-state index contributed by atoms with van der Waals surface area (Å²) in [7, 11) is 0. The average Bonchev–Trinajstić information content (AvgIpc) is 3.38. The van der Waals surface area contributed by atoms with Crippen LogP contribution in [-0.2, 0) is 0 Å². The molecule has 1 atom stereocenters. The summed E-state index contributed by atoms with van der Waals surface area (Å²) in [6.45, 7) is 4.53. The minimum Gasteiger partial charge on any atom is -0.142 e. The number of hydrogen-bond acceptors (Lipinski definition) is 1. The van der Waals surface area contributed by atoms with Crippen LogP contribution in [0.3, 0.4) is 0 Å². The summed E-state index contributed by atoms with van der Waals surface area (Å²) in [4.78, 5) is 0. The van der Waals surface area contributed by atoms with E-state index in [1.54, 1.807) is 5.57 Å². The van der Waals surface area contributed by atoms with Crippen molar-refractivity contribution in [3.63, 3.8) is 0 Å². The van der Waals surface area contributed by atoms with Gasteiger partial charge in [-0.05, 0) is 108 Å². The third-order valence-electron chi connectivity index (χ3n) is 8.22. The van der Waals surface area contributed by atoms with Crippen LogP contribution in [0.15, 0.2) is 71.7 Å². The van der Waals surface area contributed by atoms with Crippen molar-refractivity contribution in [2.24, 2.45) is 5.92 Å². The van der Waals surface area contributed by atoms with E-state index in [-0.39, 0.29) is 0 Å². The SMILES string of the molecule is C/C=c1/c(C2=CC=C3C=CCCC3C2)c(C2=CCCCC2)c2scc(-c3ccccc3)c2/c1=C/CC. The van der Waals surface area contributed by atoms with E-state index in [1.165, 1.54) is 92.4 Å². The van der Waals surface area contributed by atoms with Gasteiger partial charge >= 0.3 is 0 Å². The Kier molecular flexibility index (Phi) is 6.67. The predicted molar refractivity (Wildman–Crippen MR) is 160 cm³/mol. The fourth-order valence-electron chi connectivity index (χ4n) is 6.52. The molecule has 1 unspecified atom stereocenters. The monoisotopic (exact) mass is 488 g/mol. The Morgan fingerprint density at radius 2 is 1.86 bits per heavy atom. The summed E-state index contributed by atoms with van der Waals surface area (Å²) in [5.74, 6) is 0.658. The van der Waals surface area contributed by atoms with Gasteiger partial charge in [-0.25, -0.2) is 0 Å². The number of hydrogen-bond donors (Lipinski definition) is 0. The van der Waals surface area contributed by atoms with Gasteiger partial charge in [0, 0.05) is 21.2 Å². The van der Waals surface area contributed by atoms with Crippen LogP contribution in [0.2, 0.25) is 0 Å². The molecule has 36 heavy (non-hydrogen) atoms. The molecule has 0 bridgehead atoms. The van der Waals surface area contributed by atoms with Gasteiger partial charge in [-0.2, -0.15) is 0 Å². The Morgan fingerprint density at radius 1 is 0.972 bits per heavy atom. The highest BCUT2D eigenvalue weighted by Gasteiger charge is 2.26. The van der Waals surface area contributed by atoms with E-state index in [0.29, 0.717) is 5.92 Å². The maximum Gasteiger partial charge on any atom is 0.0436 e. The number of allylic oxidation sites excluding steroid dienone is 8. The molecule has 2 aromatic carbocycles. The van der Waals surface area contributed by atoms with Crippen molar-refractivity contribution in [2.45, 2.75) is 65.2 Å². The molecule has 0 saturated carbocycles. The molecular weight excluding hydrogens is 452 g/mol. The van der Waals surface area contributed by atoms with Crippen molar-refractivity contribution in [3.05, 3.63) is 93.2 Å². The third kappa shape index (κ3) is 4.08. The van der Waals surface area contributed by atoms with E-state index in [4.69, 9.17) is 0 Å². The highest BCUT2D eigenvalue weighted by molar-refractivity contribution is 7.18. The van der Waals surface area contributed by atoms with E-state index in [1.807, 2.05) is 11.3 Å². The summed E-state index contributed by atoms with van der Waals surface area (Å²) in [5.41, 5.74) is 10.4. The Morgan fingerprint density at radius 3 is 2.64 bits per heavy atom. The second-order valence-corrected chi connectivity index (χ2v) is 11.3. The van der Waals surface area contributed by atoms with Crippen LogP contribution in [-0.4, -0.2) is 0 Å². The second-order valence-electron chi connectivity index (χ2n) is 10.4. The molecule has 0 N–H and O–H groups in total. The quantitative estimate of drug-likeness (QED) is 0.343. The normalized spacial score (nSPS) is 20.8. The fraction of sp³-hybridized carbons (Fsp3) is 0.314. The zero-order valence-corrected chi connectivity index (χ0v) is 22.5. The van der Waals surface area contributed by atoms with Gasteiger partial charge < -0.3 is 0 Å². The Labute approximate surface area is 219 Å². The summed E-state index contributed by atoms with van der Waals surface area (Å²) in [5, 5.41) is 6.75. The van der Waals surface area contributed by atoms with E-state index >= 15 is 0 Å². The first-order chi connectivity index (χ1) is 17.8. The summed E-state index contributed by atoms with van der Waals surface area (Å²) >= 11 is 1.96. The molecule has 0 aliphatic heterocycles. The molecule has 0 spiro atoms. The van der Waals surface area contributed by atoms with Crippen molar-refractivity contribution in [1.82, 2.24) is 0 Å². The largest absolute Gasteiger partial charge is 0.142 e. The standard InChI is InChI=1S/C35H36S/c1-3-13-30-29(4-2)32(28-21-20-24-14-11-12-19-27(24)22-28)33(26-17-9-6-10-18-26)35-34(30)31(23-36-35)25-15-7-5-8-16-25/h4-5,7-8,11,13-17,20-21,23,27H,3,6,9-10,12,18-19,22H2,1-2H3/b29-4+,30-13+. The second kappa shape index (κ2) is 10.2. The molecule has 0 amide bonds. The minimum atomic E-state index is 0.658. The van der Waals surface area contributed by atoms with Gasteiger partial charge in [-0.15, -0.1) is 11.3 Å². The van der Waals surface area contributed by atoms with Crippen molar-refractivity contribution in [1.29, 1.82) is 0 Å². The molecule has 1 heteroatoms. The van der Waals surface area contributed by atoms with Crippen LogP contribution < -0.4 is 10.4 Å². The lowest BCUT2D eigenvalue weighted by Crippen LogP contribution is -2.31. The molecule has 3 aliphatic carbocycles. The predicted octanol–water partition coefficient (Wildman–Crippen LogP) is 9.20. The van der Waals surface area contributed by atoms with Crippen molar-refractivity contribution >= 4 is 44.7 Å². The van der Waals surface area contributed by atoms with Crippen LogP contribution in [0.5, 0.6) is 0 Å². The van der Waals surface area contributed by atoms with Gasteiger partial charge in [0.05, 0.1) is 0 Å². The molecule has 182 valence electrons. The molecule has 1 aromatic heterocycles. The summed E-state index contributed by atoms with van der Waals surface area (Å²) < 4.78 is 1.49. The van der Waals surface area contributed by atoms with E-state index < -0.39 is 0 Å². The highest BCUT2D eigenvalue weighted by atomic mass is 32.1. The van der Waals surface area contributed by atoms with E-state index in [9.17, 15) is 0 Å². The maximum atomic E-state index is 2.56. The van der Waals surface area contributed by atoms with E-state index in [2.05, 4.69) is 92.1 Å². The van der Waals surface area contributed by atoms with Gasteiger partial charge in [-0.3, -0.25) is 0 Å². The topological polar surface area (TPSA) is 0 Å². The molecule has 6 rings (SSSR count). The summed E-state index contributed by atoms with van der Waals surface area (Å²) in [6.07, 6.45) is 26.7. The number of rotatable bonds is 4. The van der Waals surface area contributed by atoms with Crippen molar-refractivity contribution in [2.75, 3.05) is 0 Å². The van der Waals surface area contributed by atoms with E-state index in [0.717, 1.165) is 12.8 Å². The molecule has 3 aliphatic rings. The first kappa shape index (κ1) is 23.5. The van der Waals surface area contributed by atoms with Gasteiger partial charge in [0.2, 0.25) is 0 Å². The number of thiophene rings is 1. The molecule has 0 fully saturated rings. The first-order valence-electron chi connectivity index (χ1n) is 13.9. The molecule has 0 radical (unpaired) electrons. The lowest BCUT2D eigenvalue weighted by Gasteiger charge is -2.28. The number of fused-ring (bicyclic) bond motifs is 2. The van der Waals surface area contributed by atoms with Gasteiger partial charge in [0.1, 0.15) is 0 Å². The van der Waals surface area contributed by atoms with Gasteiger partial charge in [0.15, 0.2) is 0 Å². The van der Waals surface area contributed by atoms with Gasteiger partial charge in [-0.1, -0.05) is 79.8 Å². The third-order valence-corrected chi connectivity index (χ3v) is 9.22. The van der Waals surface area contributed by atoms with Gasteiger partial charge in [0.25, 0.3) is 0 Å². The van der Waals surface area contributed by atoms with Crippen LogP contribution in [0.1, 0.15) is 76.3 Å². The maximum absolute atomic E-state index is 2.56. The molecule has 0 nitrogen and oxygen atoms in total. The van der Waals surface area contributed by atoms with Crippen LogP contribution in [0.25, 0.3) is 44.5 Å². The van der Waals surface area contributed by atoms with Crippen LogP contribution >= 0.6 is 11.3 Å². The molecule has 3 aromatic rings. The zero-order valence-electron chi connectivity index (χ0n) is 21.6. The first-order valence-corrected chi connectivity index (χ1v) is 14.7. The smallest absolute Gasteiger partial charge is 0.0436 e. The highest BCUT2D eigenvalue weighted by Crippen LogP contribution is 2.44. The van der Waals surface area contributed by atoms with Crippen molar-refractivity contribution in [3.8, 4) is 11.1 Å². The molecular formula is C35H36S. The minimum absolute atomic E-state index is 0.658. The van der Waals surface area contributed by atoms with Crippen LogP contribution in [0.4, 0.5) is 0 Å². The summed E-state index contributed by atoms with van der Waals surface area (Å²) in [6, 6.07) is 11.0. The van der Waals surface area contributed by atoms with Crippen molar-refractivity contribution < 1.29 is 0 Å². The van der Waals surface area contributed by atoms with Crippen LogP contribution in [0, 0.1) is 5.92 Å². The Hall–Kier alpha value is -2.90. The molecule has 1 heterocycles.